The third kappa shape index (κ3) is 3.93. The molecule has 1 rings (SSSR count). The number of nitrogens with two attached hydrogens (primary N) is 1. The van der Waals surface area contributed by atoms with Gasteiger partial charge in [0.15, 0.2) is 0 Å². The summed E-state index contributed by atoms with van der Waals surface area (Å²) in [6.45, 7) is 6.46. The molecule has 0 saturated carbocycles. The van der Waals surface area contributed by atoms with Crippen LogP contribution in [-0.2, 0) is 4.74 Å². The number of carbonyl (C=O) groups excluding carboxylic acids is 1. The van der Waals surface area contributed by atoms with Gasteiger partial charge in [0.2, 0.25) is 0 Å². The fraction of sp³-hybridized carbons (Fsp3) is 0.462. The lowest BCUT2D eigenvalue weighted by molar-refractivity contribution is 0.126. The van der Waals surface area contributed by atoms with E-state index in [9.17, 15) is 4.79 Å². The zero-order valence-electron chi connectivity index (χ0n) is 10.4. The number of hydrogen-bond acceptors (Lipinski definition) is 2. The lowest BCUT2D eigenvalue weighted by atomic mass is 9.77. The Kier molecular flexibility index (Phi) is 4.40. The maximum absolute atomic E-state index is 10.7. The summed E-state index contributed by atoms with van der Waals surface area (Å²) in [4.78, 5) is 10.7. The van der Waals surface area contributed by atoms with Gasteiger partial charge in [-0.1, -0.05) is 50.6 Å². The molecule has 1 aromatic carbocycles. The largest absolute Gasteiger partial charge is 0.449 e. The number of halogens is 1. The summed E-state index contributed by atoms with van der Waals surface area (Å²) < 4.78 is 4.92. The molecule has 0 fully saturated rings. The number of rotatable bonds is 3. The lowest BCUT2D eigenvalue weighted by Gasteiger charge is -2.31. The van der Waals surface area contributed by atoms with Gasteiger partial charge in [0.05, 0.1) is 0 Å². The van der Waals surface area contributed by atoms with Gasteiger partial charge < -0.3 is 10.5 Å². The number of hydrogen-bond donors (Lipinski definition) is 1. The lowest BCUT2D eigenvalue weighted by Crippen LogP contribution is -2.26. The first-order valence-electron chi connectivity index (χ1n) is 5.49. The Hall–Kier alpha value is -1.22. The molecular formula is C13H18ClNO2. The highest BCUT2D eigenvalue weighted by molar-refractivity contribution is 6.31. The maximum atomic E-state index is 10.7. The highest BCUT2D eigenvalue weighted by atomic mass is 35.5. The van der Waals surface area contributed by atoms with Crippen LogP contribution in [0.5, 0.6) is 0 Å². The zero-order valence-corrected chi connectivity index (χ0v) is 11.1. The standard InChI is InChI=1S/C13H18ClNO2/c1-13(2,3)10(8-17-12(15)16)9-6-4-5-7-11(9)14/h4-7,10H,8H2,1-3H3,(H2,15,16). The summed E-state index contributed by atoms with van der Waals surface area (Å²) in [6, 6.07) is 7.58. The van der Waals surface area contributed by atoms with E-state index in [1.165, 1.54) is 0 Å². The minimum Gasteiger partial charge on any atom is -0.449 e. The SMILES string of the molecule is CC(C)(C)C(COC(N)=O)c1ccccc1Cl. The smallest absolute Gasteiger partial charge is 0.404 e. The summed E-state index contributed by atoms with van der Waals surface area (Å²) in [5.41, 5.74) is 5.91. The van der Waals surface area contributed by atoms with Crippen molar-refractivity contribution in [1.82, 2.24) is 0 Å². The number of benzene rings is 1. The van der Waals surface area contributed by atoms with Gasteiger partial charge in [0.1, 0.15) is 6.61 Å². The maximum Gasteiger partial charge on any atom is 0.404 e. The van der Waals surface area contributed by atoms with E-state index in [4.69, 9.17) is 22.1 Å². The molecule has 0 heterocycles. The van der Waals surface area contributed by atoms with Gasteiger partial charge in [-0.15, -0.1) is 0 Å². The summed E-state index contributed by atoms with van der Waals surface area (Å²) in [6.07, 6.45) is -0.758. The van der Waals surface area contributed by atoms with Gasteiger partial charge in [-0.2, -0.15) is 0 Å². The molecule has 0 aliphatic heterocycles. The van der Waals surface area contributed by atoms with E-state index in [1.807, 2.05) is 24.3 Å². The van der Waals surface area contributed by atoms with Crippen molar-refractivity contribution in [1.29, 1.82) is 0 Å². The monoisotopic (exact) mass is 255 g/mol. The van der Waals surface area contributed by atoms with Crippen LogP contribution < -0.4 is 5.73 Å². The first-order chi connectivity index (χ1) is 7.82. The van der Waals surface area contributed by atoms with Gasteiger partial charge in [0, 0.05) is 10.9 Å². The van der Waals surface area contributed by atoms with Crippen LogP contribution in [0, 0.1) is 5.41 Å². The minimum absolute atomic E-state index is 0.0173. The number of primary amides is 1. The quantitative estimate of drug-likeness (QED) is 0.898. The van der Waals surface area contributed by atoms with E-state index in [1.54, 1.807) is 0 Å². The van der Waals surface area contributed by atoms with E-state index in [-0.39, 0.29) is 17.9 Å². The molecule has 0 saturated heterocycles. The van der Waals surface area contributed by atoms with E-state index in [0.29, 0.717) is 5.02 Å². The molecule has 1 atom stereocenters. The van der Waals surface area contributed by atoms with E-state index >= 15 is 0 Å². The molecule has 0 aliphatic carbocycles. The van der Waals surface area contributed by atoms with Gasteiger partial charge >= 0.3 is 6.09 Å². The molecule has 1 amide bonds. The molecule has 4 heteroatoms. The zero-order chi connectivity index (χ0) is 13.1. The molecule has 1 unspecified atom stereocenters. The Morgan fingerprint density at radius 1 is 1.41 bits per heavy atom. The molecule has 94 valence electrons. The third-order valence-corrected chi connectivity index (χ3v) is 3.06. The first kappa shape index (κ1) is 13.8. The molecule has 0 aliphatic rings. The number of ether oxygens (including phenoxy) is 1. The van der Waals surface area contributed by atoms with Crippen LogP contribution in [0.25, 0.3) is 0 Å². The summed E-state index contributed by atoms with van der Waals surface area (Å²) >= 11 is 6.17. The van der Waals surface area contributed by atoms with Gasteiger partial charge in [-0.3, -0.25) is 0 Å². The van der Waals surface area contributed by atoms with E-state index < -0.39 is 6.09 Å². The van der Waals surface area contributed by atoms with Crippen molar-refractivity contribution >= 4 is 17.7 Å². The third-order valence-electron chi connectivity index (χ3n) is 2.72. The highest BCUT2D eigenvalue weighted by Crippen LogP contribution is 2.38. The Labute approximate surface area is 107 Å². The second-order valence-electron chi connectivity index (χ2n) is 5.07. The molecule has 1 aromatic rings. The molecular weight excluding hydrogens is 238 g/mol. The van der Waals surface area contributed by atoms with Gasteiger partial charge in [0.25, 0.3) is 0 Å². The fourth-order valence-electron chi connectivity index (χ4n) is 1.73. The van der Waals surface area contributed by atoms with Crippen LogP contribution in [0.15, 0.2) is 24.3 Å². The summed E-state index contributed by atoms with van der Waals surface area (Å²) in [5, 5.41) is 0.681. The van der Waals surface area contributed by atoms with Crippen molar-refractivity contribution in [2.24, 2.45) is 11.1 Å². The Morgan fingerprint density at radius 2 is 2.00 bits per heavy atom. The molecule has 0 spiro atoms. The summed E-state index contributed by atoms with van der Waals surface area (Å²) in [5.74, 6) is 0.0173. The average molecular weight is 256 g/mol. The Balaban J connectivity index is 2.99. The topological polar surface area (TPSA) is 52.3 Å². The Morgan fingerprint density at radius 3 is 2.47 bits per heavy atom. The molecule has 0 bridgehead atoms. The van der Waals surface area contributed by atoms with Crippen molar-refractivity contribution in [2.75, 3.05) is 6.61 Å². The molecule has 0 radical (unpaired) electrons. The summed E-state index contributed by atoms with van der Waals surface area (Å²) in [7, 11) is 0. The van der Waals surface area contributed by atoms with Crippen LogP contribution in [-0.4, -0.2) is 12.7 Å². The minimum atomic E-state index is -0.758. The van der Waals surface area contributed by atoms with Crippen molar-refractivity contribution in [3.05, 3.63) is 34.9 Å². The second-order valence-corrected chi connectivity index (χ2v) is 5.48. The predicted octanol–water partition coefficient (Wildman–Crippen LogP) is 3.57. The molecule has 17 heavy (non-hydrogen) atoms. The van der Waals surface area contributed by atoms with Crippen LogP contribution >= 0.6 is 11.6 Å². The van der Waals surface area contributed by atoms with Crippen LogP contribution in [0.1, 0.15) is 32.3 Å². The second kappa shape index (κ2) is 5.41. The molecule has 0 aromatic heterocycles. The van der Waals surface area contributed by atoms with Crippen molar-refractivity contribution in [3.8, 4) is 0 Å². The van der Waals surface area contributed by atoms with Crippen molar-refractivity contribution in [2.45, 2.75) is 26.7 Å². The van der Waals surface area contributed by atoms with E-state index in [2.05, 4.69) is 20.8 Å². The fourth-order valence-corrected chi connectivity index (χ4v) is 2.00. The number of amides is 1. The number of carbonyl (C=O) groups is 1. The Bertz CT molecular complexity index is 399. The predicted molar refractivity (Wildman–Crippen MR) is 69.2 cm³/mol. The van der Waals surface area contributed by atoms with Crippen molar-refractivity contribution < 1.29 is 9.53 Å². The van der Waals surface area contributed by atoms with Gasteiger partial charge in [-0.05, 0) is 17.0 Å². The van der Waals surface area contributed by atoms with Gasteiger partial charge in [-0.25, -0.2) is 4.79 Å². The average Bonchev–Trinajstić information content (AvgIpc) is 2.18. The molecule has 3 nitrogen and oxygen atoms in total. The van der Waals surface area contributed by atoms with Crippen molar-refractivity contribution in [3.63, 3.8) is 0 Å². The van der Waals surface area contributed by atoms with Crippen LogP contribution in [0.2, 0.25) is 5.02 Å². The highest BCUT2D eigenvalue weighted by Gasteiger charge is 2.28. The van der Waals surface area contributed by atoms with Crippen LogP contribution in [0.3, 0.4) is 0 Å². The van der Waals surface area contributed by atoms with E-state index in [0.717, 1.165) is 5.56 Å². The molecule has 2 N–H and O–H groups in total. The normalized spacial score (nSPS) is 13.2. The van der Waals surface area contributed by atoms with Crippen LogP contribution in [0.4, 0.5) is 4.79 Å². The first-order valence-corrected chi connectivity index (χ1v) is 5.87.